The van der Waals surface area contributed by atoms with Gasteiger partial charge in [0, 0.05) is 15.5 Å². The quantitative estimate of drug-likeness (QED) is 0.910. The maximum atomic E-state index is 6.31. The first-order chi connectivity index (χ1) is 8.74. The summed E-state index contributed by atoms with van der Waals surface area (Å²) in [6, 6.07) is 10.3. The Balaban J connectivity index is 1.79. The van der Waals surface area contributed by atoms with Gasteiger partial charge in [-0.05, 0) is 36.1 Å². The molecule has 18 heavy (non-hydrogen) atoms. The van der Waals surface area contributed by atoms with Gasteiger partial charge in [-0.2, -0.15) is 0 Å². The lowest BCUT2D eigenvalue weighted by Crippen LogP contribution is -2.35. The Labute approximate surface area is 115 Å². The van der Waals surface area contributed by atoms with E-state index in [9.17, 15) is 0 Å². The predicted molar refractivity (Wildman–Crippen MR) is 77.6 cm³/mol. The van der Waals surface area contributed by atoms with Crippen LogP contribution in [0, 0.1) is 6.92 Å². The third-order valence-corrected chi connectivity index (χ3v) is 5.09. The van der Waals surface area contributed by atoms with Gasteiger partial charge in [0.2, 0.25) is 0 Å². The maximum absolute atomic E-state index is 6.31. The minimum absolute atomic E-state index is 0.0455. The first-order valence-electron chi connectivity index (χ1n) is 5.93. The fraction of sp³-hybridized carbons (Fsp3) is 0.286. The Kier molecular flexibility index (Phi) is 3.33. The summed E-state index contributed by atoms with van der Waals surface area (Å²) in [6.07, 6.45) is 0.0545. The molecule has 1 aliphatic heterocycles. The Morgan fingerprint density at radius 3 is 3.00 bits per heavy atom. The Morgan fingerprint density at radius 1 is 1.39 bits per heavy atom. The van der Waals surface area contributed by atoms with E-state index in [0.29, 0.717) is 0 Å². The molecule has 0 amide bonds. The number of para-hydroxylation sites is 1. The lowest BCUT2D eigenvalue weighted by atomic mass is 10.1. The third-order valence-electron chi connectivity index (χ3n) is 3.07. The highest BCUT2D eigenvalue weighted by molar-refractivity contribution is 7.99. The molecule has 0 bridgehead atoms. The molecule has 1 aromatic heterocycles. The second-order valence-corrected chi connectivity index (χ2v) is 6.61. The molecule has 0 spiro atoms. The number of thiophene rings is 1. The molecular weight excluding hydrogens is 262 g/mol. The normalized spacial score (nSPS) is 20.0. The summed E-state index contributed by atoms with van der Waals surface area (Å²) in [5.74, 6) is 1.87. The van der Waals surface area contributed by atoms with Crippen molar-refractivity contribution in [3.05, 3.63) is 46.2 Å². The first-order valence-corrected chi connectivity index (χ1v) is 7.79. The van der Waals surface area contributed by atoms with Gasteiger partial charge in [-0.1, -0.05) is 12.1 Å². The van der Waals surface area contributed by atoms with Crippen LogP contribution < -0.4 is 10.5 Å². The molecule has 2 heterocycles. The summed E-state index contributed by atoms with van der Waals surface area (Å²) in [5, 5.41) is 2.13. The van der Waals surface area contributed by atoms with Crippen molar-refractivity contribution in [3.8, 4) is 5.75 Å². The van der Waals surface area contributed by atoms with Gasteiger partial charge in [-0.15, -0.1) is 23.1 Å². The summed E-state index contributed by atoms with van der Waals surface area (Å²) in [6.45, 7) is 2.10. The topological polar surface area (TPSA) is 35.2 Å². The van der Waals surface area contributed by atoms with E-state index in [4.69, 9.17) is 10.5 Å². The third kappa shape index (κ3) is 2.28. The first kappa shape index (κ1) is 12.1. The average molecular weight is 277 g/mol. The summed E-state index contributed by atoms with van der Waals surface area (Å²) >= 11 is 3.56. The second-order valence-electron chi connectivity index (χ2n) is 4.43. The minimum atomic E-state index is -0.0455. The van der Waals surface area contributed by atoms with Crippen molar-refractivity contribution in [1.82, 2.24) is 0 Å². The van der Waals surface area contributed by atoms with Crippen LogP contribution in [0.15, 0.2) is 40.6 Å². The van der Waals surface area contributed by atoms with Gasteiger partial charge in [0.1, 0.15) is 11.9 Å². The van der Waals surface area contributed by atoms with Crippen LogP contribution in [0.4, 0.5) is 0 Å². The SMILES string of the molecule is Cc1cc(C(N)C2CSc3ccccc3O2)cs1. The van der Waals surface area contributed by atoms with Crippen molar-refractivity contribution >= 4 is 23.1 Å². The van der Waals surface area contributed by atoms with Crippen LogP contribution in [0.3, 0.4) is 0 Å². The molecule has 0 saturated heterocycles. The number of nitrogens with two attached hydrogens (primary N) is 1. The number of benzene rings is 1. The molecule has 2 nitrogen and oxygen atoms in total. The number of aryl methyl sites for hydroxylation is 1. The molecular formula is C14H15NOS2. The fourth-order valence-corrected chi connectivity index (χ4v) is 3.87. The number of ether oxygens (including phenoxy) is 1. The summed E-state index contributed by atoms with van der Waals surface area (Å²) < 4.78 is 6.02. The van der Waals surface area contributed by atoms with E-state index in [-0.39, 0.29) is 12.1 Å². The highest BCUT2D eigenvalue weighted by Crippen LogP contribution is 2.38. The summed E-state index contributed by atoms with van der Waals surface area (Å²) in [4.78, 5) is 2.51. The summed E-state index contributed by atoms with van der Waals surface area (Å²) in [7, 11) is 0. The van der Waals surface area contributed by atoms with Crippen LogP contribution >= 0.6 is 23.1 Å². The smallest absolute Gasteiger partial charge is 0.133 e. The fourth-order valence-electron chi connectivity index (χ4n) is 2.07. The predicted octanol–water partition coefficient (Wildman–Crippen LogP) is 3.61. The number of thioether (sulfide) groups is 1. The van der Waals surface area contributed by atoms with Crippen molar-refractivity contribution in [2.24, 2.45) is 5.73 Å². The van der Waals surface area contributed by atoms with E-state index in [0.717, 1.165) is 11.5 Å². The largest absolute Gasteiger partial charge is 0.486 e. The lowest BCUT2D eigenvalue weighted by Gasteiger charge is -2.29. The monoisotopic (exact) mass is 277 g/mol. The molecule has 0 aliphatic carbocycles. The number of rotatable bonds is 2. The van der Waals surface area contributed by atoms with E-state index < -0.39 is 0 Å². The molecule has 1 aliphatic rings. The molecule has 4 heteroatoms. The van der Waals surface area contributed by atoms with Gasteiger partial charge in [-0.3, -0.25) is 0 Å². The van der Waals surface area contributed by atoms with E-state index >= 15 is 0 Å². The minimum Gasteiger partial charge on any atom is -0.486 e. The number of hydrogen-bond donors (Lipinski definition) is 1. The van der Waals surface area contributed by atoms with Crippen molar-refractivity contribution in [2.75, 3.05) is 5.75 Å². The van der Waals surface area contributed by atoms with Crippen LogP contribution in [0.25, 0.3) is 0 Å². The zero-order valence-corrected chi connectivity index (χ0v) is 11.8. The average Bonchev–Trinajstić information content (AvgIpc) is 2.84. The van der Waals surface area contributed by atoms with E-state index in [2.05, 4.69) is 24.4 Å². The Hall–Kier alpha value is -0.970. The van der Waals surface area contributed by atoms with Crippen LogP contribution in [0.5, 0.6) is 5.75 Å². The van der Waals surface area contributed by atoms with E-state index in [1.165, 1.54) is 15.3 Å². The van der Waals surface area contributed by atoms with Gasteiger partial charge in [-0.25, -0.2) is 0 Å². The zero-order chi connectivity index (χ0) is 12.5. The van der Waals surface area contributed by atoms with E-state index in [1.54, 1.807) is 11.3 Å². The molecule has 1 aromatic carbocycles. The zero-order valence-electron chi connectivity index (χ0n) is 10.1. The molecule has 2 N–H and O–H groups in total. The van der Waals surface area contributed by atoms with Gasteiger partial charge >= 0.3 is 0 Å². The summed E-state index contributed by atoms with van der Waals surface area (Å²) in [5.41, 5.74) is 7.49. The van der Waals surface area contributed by atoms with Crippen LogP contribution in [0.1, 0.15) is 16.5 Å². The van der Waals surface area contributed by atoms with E-state index in [1.807, 2.05) is 30.0 Å². The number of hydrogen-bond acceptors (Lipinski definition) is 4. The Bertz CT molecular complexity index is 552. The molecule has 2 unspecified atom stereocenters. The molecule has 0 radical (unpaired) electrons. The molecule has 0 fully saturated rings. The van der Waals surface area contributed by atoms with Crippen molar-refractivity contribution in [1.29, 1.82) is 0 Å². The van der Waals surface area contributed by atoms with Crippen molar-refractivity contribution in [3.63, 3.8) is 0 Å². The van der Waals surface area contributed by atoms with Gasteiger partial charge in [0.25, 0.3) is 0 Å². The van der Waals surface area contributed by atoms with Crippen LogP contribution in [-0.2, 0) is 0 Å². The standard InChI is InChI=1S/C14H15NOS2/c1-9-6-10(7-17-9)14(15)12-8-18-13-5-3-2-4-11(13)16-12/h2-7,12,14H,8,15H2,1H3. The second kappa shape index (κ2) is 4.96. The molecule has 2 aromatic rings. The van der Waals surface area contributed by atoms with Gasteiger partial charge < -0.3 is 10.5 Å². The molecule has 3 rings (SSSR count). The Morgan fingerprint density at radius 2 is 2.22 bits per heavy atom. The highest BCUT2D eigenvalue weighted by Gasteiger charge is 2.27. The van der Waals surface area contributed by atoms with Gasteiger partial charge in [0.15, 0.2) is 0 Å². The van der Waals surface area contributed by atoms with Crippen molar-refractivity contribution < 1.29 is 4.74 Å². The van der Waals surface area contributed by atoms with Gasteiger partial charge in [0.05, 0.1) is 6.04 Å². The lowest BCUT2D eigenvalue weighted by molar-refractivity contribution is 0.185. The highest BCUT2D eigenvalue weighted by atomic mass is 32.2. The van der Waals surface area contributed by atoms with Crippen molar-refractivity contribution in [2.45, 2.75) is 24.0 Å². The van der Waals surface area contributed by atoms with Crippen LogP contribution in [0.2, 0.25) is 0 Å². The molecule has 94 valence electrons. The number of fused-ring (bicyclic) bond motifs is 1. The molecule has 2 atom stereocenters. The molecule has 0 saturated carbocycles. The maximum Gasteiger partial charge on any atom is 0.133 e. The van der Waals surface area contributed by atoms with Crippen LogP contribution in [-0.4, -0.2) is 11.9 Å².